The standard InChI is InChI=1S/C17H31N3O/c1-4-16-12-21-14(2)11-20(16)10-6-5-9-17(3,13-18)19-15-7-8-15/h14-16,19H,4-12H2,1-3H3. The molecule has 2 aliphatic rings. The fourth-order valence-corrected chi connectivity index (χ4v) is 3.19. The Hall–Kier alpha value is -0.630. The molecule has 1 aliphatic carbocycles. The predicted octanol–water partition coefficient (Wildman–Crippen LogP) is 2.69. The van der Waals surface area contributed by atoms with Gasteiger partial charge in [0.2, 0.25) is 0 Å². The fraction of sp³-hybridized carbons (Fsp3) is 0.941. The van der Waals surface area contributed by atoms with E-state index in [4.69, 9.17) is 4.74 Å². The van der Waals surface area contributed by atoms with Gasteiger partial charge < -0.3 is 4.74 Å². The van der Waals surface area contributed by atoms with Crippen LogP contribution in [0.3, 0.4) is 0 Å². The molecule has 1 N–H and O–H groups in total. The van der Waals surface area contributed by atoms with E-state index in [1.807, 2.05) is 0 Å². The van der Waals surface area contributed by atoms with Gasteiger partial charge in [-0.2, -0.15) is 5.26 Å². The number of hydrogen-bond acceptors (Lipinski definition) is 4. The van der Waals surface area contributed by atoms with Crippen molar-refractivity contribution in [1.29, 1.82) is 5.26 Å². The van der Waals surface area contributed by atoms with Crippen LogP contribution in [0, 0.1) is 11.3 Å². The van der Waals surface area contributed by atoms with Gasteiger partial charge in [0, 0.05) is 18.6 Å². The largest absolute Gasteiger partial charge is 0.376 e. The predicted molar refractivity (Wildman–Crippen MR) is 85.1 cm³/mol. The Balaban J connectivity index is 1.69. The Morgan fingerprint density at radius 3 is 2.76 bits per heavy atom. The second-order valence-corrected chi connectivity index (χ2v) is 7.02. The third kappa shape index (κ3) is 5.25. The number of rotatable bonds is 8. The highest BCUT2D eigenvalue weighted by molar-refractivity contribution is 5.06. The molecule has 0 aromatic heterocycles. The van der Waals surface area contributed by atoms with Gasteiger partial charge in [0.15, 0.2) is 0 Å². The second kappa shape index (κ2) is 7.58. The molecule has 1 aliphatic heterocycles. The molecule has 0 aromatic carbocycles. The fourth-order valence-electron chi connectivity index (χ4n) is 3.19. The summed E-state index contributed by atoms with van der Waals surface area (Å²) in [5, 5.41) is 12.9. The van der Waals surface area contributed by atoms with E-state index in [2.05, 4.69) is 37.1 Å². The highest BCUT2D eigenvalue weighted by Crippen LogP contribution is 2.25. The zero-order chi connectivity index (χ0) is 15.3. The van der Waals surface area contributed by atoms with Crippen LogP contribution in [0.5, 0.6) is 0 Å². The lowest BCUT2D eigenvalue weighted by Gasteiger charge is -2.38. The number of ether oxygens (including phenoxy) is 1. The molecule has 4 nitrogen and oxygen atoms in total. The Labute approximate surface area is 129 Å². The number of nitrogens with zero attached hydrogens (tertiary/aromatic N) is 2. The third-order valence-electron chi connectivity index (χ3n) is 4.77. The lowest BCUT2D eigenvalue weighted by Crippen LogP contribution is -2.48. The van der Waals surface area contributed by atoms with Gasteiger partial charge in [0.05, 0.1) is 18.8 Å². The topological polar surface area (TPSA) is 48.3 Å². The van der Waals surface area contributed by atoms with Crippen molar-refractivity contribution >= 4 is 0 Å². The van der Waals surface area contributed by atoms with Crippen molar-refractivity contribution in [3.63, 3.8) is 0 Å². The monoisotopic (exact) mass is 293 g/mol. The number of nitrogens with one attached hydrogen (secondary N) is 1. The van der Waals surface area contributed by atoms with Crippen molar-refractivity contribution in [2.75, 3.05) is 19.7 Å². The molecule has 2 fully saturated rings. The molecule has 4 heteroatoms. The van der Waals surface area contributed by atoms with Gasteiger partial charge >= 0.3 is 0 Å². The molecular formula is C17H31N3O. The SMILES string of the molecule is CCC1COC(C)CN1CCCCC(C)(C#N)NC1CC1. The first-order valence-corrected chi connectivity index (χ1v) is 8.61. The number of morpholine rings is 1. The van der Waals surface area contributed by atoms with Crippen LogP contribution in [0.25, 0.3) is 0 Å². The molecule has 0 aromatic rings. The van der Waals surface area contributed by atoms with Gasteiger partial charge in [-0.3, -0.25) is 10.2 Å². The lowest BCUT2D eigenvalue weighted by atomic mass is 9.96. The molecule has 0 amide bonds. The third-order valence-corrected chi connectivity index (χ3v) is 4.77. The maximum atomic E-state index is 9.39. The quantitative estimate of drug-likeness (QED) is 0.699. The summed E-state index contributed by atoms with van der Waals surface area (Å²) in [4.78, 5) is 2.58. The average Bonchev–Trinajstić information content (AvgIpc) is 3.27. The van der Waals surface area contributed by atoms with E-state index in [9.17, 15) is 5.26 Å². The molecule has 0 bridgehead atoms. The molecule has 120 valence electrons. The maximum Gasteiger partial charge on any atom is 0.104 e. The number of unbranched alkanes of at least 4 members (excludes halogenated alkanes) is 1. The summed E-state index contributed by atoms with van der Waals surface area (Å²) in [6.07, 6.45) is 7.23. The molecular weight excluding hydrogens is 262 g/mol. The summed E-state index contributed by atoms with van der Waals surface area (Å²) in [5.74, 6) is 0. The first-order valence-electron chi connectivity index (χ1n) is 8.61. The first kappa shape index (κ1) is 16.7. The van der Waals surface area contributed by atoms with Crippen LogP contribution in [0.1, 0.15) is 59.3 Å². The van der Waals surface area contributed by atoms with E-state index in [1.165, 1.54) is 19.3 Å². The lowest BCUT2D eigenvalue weighted by molar-refractivity contribution is -0.0561. The zero-order valence-electron chi connectivity index (χ0n) is 13.9. The van der Waals surface area contributed by atoms with Crippen molar-refractivity contribution in [3.05, 3.63) is 0 Å². The van der Waals surface area contributed by atoms with E-state index in [-0.39, 0.29) is 5.54 Å². The first-order chi connectivity index (χ1) is 10.1. The molecule has 0 radical (unpaired) electrons. The molecule has 3 atom stereocenters. The molecule has 2 rings (SSSR count). The van der Waals surface area contributed by atoms with E-state index >= 15 is 0 Å². The Bertz CT molecular complexity index is 364. The van der Waals surface area contributed by atoms with Crippen LogP contribution in [0.2, 0.25) is 0 Å². The van der Waals surface area contributed by atoms with Crippen LogP contribution in [0.4, 0.5) is 0 Å². The van der Waals surface area contributed by atoms with Crippen LogP contribution < -0.4 is 5.32 Å². The van der Waals surface area contributed by atoms with Gasteiger partial charge in [-0.15, -0.1) is 0 Å². The minimum absolute atomic E-state index is 0.330. The smallest absolute Gasteiger partial charge is 0.104 e. The van der Waals surface area contributed by atoms with E-state index in [0.29, 0.717) is 18.2 Å². The molecule has 3 unspecified atom stereocenters. The van der Waals surface area contributed by atoms with Gasteiger partial charge in [-0.25, -0.2) is 0 Å². The van der Waals surface area contributed by atoms with E-state index < -0.39 is 0 Å². The zero-order valence-corrected chi connectivity index (χ0v) is 13.9. The van der Waals surface area contributed by atoms with Crippen LogP contribution in [-0.2, 0) is 4.74 Å². The minimum atomic E-state index is -0.330. The highest BCUT2D eigenvalue weighted by Gasteiger charge is 2.32. The molecule has 0 spiro atoms. The molecule has 21 heavy (non-hydrogen) atoms. The average molecular weight is 293 g/mol. The number of nitriles is 1. The maximum absolute atomic E-state index is 9.39. The van der Waals surface area contributed by atoms with Crippen molar-refractivity contribution < 1.29 is 4.74 Å². The molecule has 1 saturated heterocycles. The van der Waals surface area contributed by atoms with Crippen LogP contribution >= 0.6 is 0 Å². The van der Waals surface area contributed by atoms with Gasteiger partial charge in [-0.1, -0.05) is 6.92 Å². The summed E-state index contributed by atoms with van der Waals surface area (Å²) in [6.45, 7) is 9.51. The second-order valence-electron chi connectivity index (χ2n) is 7.02. The number of hydrogen-bond donors (Lipinski definition) is 1. The Kier molecular flexibility index (Phi) is 6.04. The normalized spacial score (nSPS) is 29.8. The molecule has 1 saturated carbocycles. The van der Waals surface area contributed by atoms with Gasteiger partial charge in [0.25, 0.3) is 0 Å². The van der Waals surface area contributed by atoms with Gasteiger partial charge in [-0.05, 0) is 58.9 Å². The Morgan fingerprint density at radius 1 is 1.38 bits per heavy atom. The van der Waals surface area contributed by atoms with Crippen molar-refractivity contribution in [3.8, 4) is 6.07 Å². The van der Waals surface area contributed by atoms with E-state index in [1.54, 1.807) is 0 Å². The summed E-state index contributed by atoms with van der Waals surface area (Å²) in [6, 6.07) is 3.64. The summed E-state index contributed by atoms with van der Waals surface area (Å²) in [7, 11) is 0. The van der Waals surface area contributed by atoms with Crippen molar-refractivity contribution in [1.82, 2.24) is 10.2 Å². The Morgan fingerprint density at radius 2 is 2.14 bits per heavy atom. The van der Waals surface area contributed by atoms with Crippen molar-refractivity contribution in [2.24, 2.45) is 0 Å². The summed E-state index contributed by atoms with van der Waals surface area (Å²) < 4.78 is 5.75. The van der Waals surface area contributed by atoms with E-state index in [0.717, 1.165) is 39.0 Å². The van der Waals surface area contributed by atoms with Crippen molar-refractivity contribution in [2.45, 2.75) is 83.0 Å². The minimum Gasteiger partial charge on any atom is -0.376 e. The summed E-state index contributed by atoms with van der Waals surface area (Å²) in [5.41, 5.74) is -0.330. The van der Waals surface area contributed by atoms with Gasteiger partial charge in [0.1, 0.15) is 5.54 Å². The van der Waals surface area contributed by atoms with Crippen LogP contribution in [-0.4, -0.2) is 48.3 Å². The highest BCUT2D eigenvalue weighted by atomic mass is 16.5. The summed E-state index contributed by atoms with van der Waals surface area (Å²) >= 11 is 0. The molecule has 1 heterocycles. The van der Waals surface area contributed by atoms with Crippen LogP contribution in [0.15, 0.2) is 0 Å².